The molecule has 1 aliphatic heterocycles. The second-order valence-corrected chi connectivity index (χ2v) is 5.81. The minimum absolute atomic E-state index is 0.533. The fourth-order valence-corrected chi connectivity index (χ4v) is 2.86. The van der Waals surface area contributed by atoms with Crippen LogP contribution in [0.25, 0.3) is 0 Å². The molecule has 1 N–H and O–H groups in total. The maximum atomic E-state index is 4.84. The van der Waals surface area contributed by atoms with E-state index in [-0.39, 0.29) is 0 Å². The van der Waals surface area contributed by atoms with Crippen molar-refractivity contribution in [2.45, 2.75) is 65.6 Å². The van der Waals surface area contributed by atoms with Gasteiger partial charge < -0.3 is 14.8 Å². The van der Waals surface area contributed by atoms with Gasteiger partial charge in [-0.05, 0) is 26.7 Å². The summed E-state index contributed by atoms with van der Waals surface area (Å²) in [7, 11) is 0. The van der Waals surface area contributed by atoms with Gasteiger partial charge in [-0.2, -0.15) is 0 Å². The Morgan fingerprint density at radius 3 is 2.53 bits per heavy atom. The van der Waals surface area contributed by atoms with Crippen molar-refractivity contribution < 1.29 is 0 Å². The third-order valence-electron chi connectivity index (χ3n) is 3.76. The third-order valence-corrected chi connectivity index (χ3v) is 3.76. The molecule has 0 spiro atoms. The molecule has 0 aliphatic carbocycles. The van der Waals surface area contributed by atoms with Gasteiger partial charge in [0.15, 0.2) is 0 Å². The van der Waals surface area contributed by atoms with E-state index in [4.69, 9.17) is 4.98 Å². The summed E-state index contributed by atoms with van der Waals surface area (Å²) in [4.78, 5) is 7.28. The molecule has 0 bridgehead atoms. The normalized spacial score (nSPS) is 23.9. The Labute approximate surface area is 117 Å². The minimum Gasteiger partial charge on any atom is -0.339 e. The van der Waals surface area contributed by atoms with Crippen LogP contribution in [-0.2, 0) is 13.0 Å². The van der Waals surface area contributed by atoms with Crippen LogP contribution in [0.1, 0.15) is 46.2 Å². The molecule has 0 radical (unpaired) electrons. The van der Waals surface area contributed by atoms with E-state index >= 15 is 0 Å². The molecule has 0 saturated carbocycles. The zero-order valence-corrected chi connectivity index (χ0v) is 12.8. The maximum absolute atomic E-state index is 4.84. The molecule has 108 valence electrons. The molecular weight excluding hydrogens is 236 g/mol. The number of rotatable bonds is 5. The molecule has 1 saturated heterocycles. The van der Waals surface area contributed by atoms with E-state index in [0.29, 0.717) is 12.1 Å². The molecule has 4 nitrogen and oxygen atoms in total. The molecule has 2 atom stereocenters. The molecule has 0 amide bonds. The molecule has 2 rings (SSSR count). The second-order valence-electron chi connectivity index (χ2n) is 5.81. The SMILES string of the molecule is CCCCn1cc(CC)nc1N1CC(C)NC(C)C1. The van der Waals surface area contributed by atoms with Crippen LogP contribution in [0.5, 0.6) is 0 Å². The smallest absolute Gasteiger partial charge is 0.205 e. The van der Waals surface area contributed by atoms with Crippen molar-refractivity contribution in [2.24, 2.45) is 0 Å². The van der Waals surface area contributed by atoms with Crippen LogP contribution in [0.4, 0.5) is 5.95 Å². The van der Waals surface area contributed by atoms with Crippen molar-refractivity contribution >= 4 is 5.95 Å². The predicted octanol–water partition coefficient (Wildman–Crippen LogP) is 2.43. The summed E-state index contributed by atoms with van der Waals surface area (Å²) in [6, 6.07) is 1.07. The Morgan fingerprint density at radius 1 is 1.26 bits per heavy atom. The number of aryl methyl sites for hydroxylation is 2. The highest BCUT2D eigenvalue weighted by Gasteiger charge is 2.24. The number of unbranched alkanes of at least 4 members (excludes halogenated alkanes) is 1. The van der Waals surface area contributed by atoms with E-state index in [1.807, 2.05) is 0 Å². The highest BCUT2D eigenvalue weighted by atomic mass is 15.3. The maximum Gasteiger partial charge on any atom is 0.205 e. The standard InChI is InChI=1S/C15H28N4/c1-5-7-8-18-11-14(6-2)17-15(18)19-9-12(3)16-13(4)10-19/h11-13,16H,5-10H2,1-4H3. The van der Waals surface area contributed by atoms with Crippen LogP contribution >= 0.6 is 0 Å². The molecule has 1 fully saturated rings. The van der Waals surface area contributed by atoms with Gasteiger partial charge in [-0.3, -0.25) is 0 Å². The summed E-state index contributed by atoms with van der Waals surface area (Å²) in [6.45, 7) is 12.1. The lowest BCUT2D eigenvalue weighted by atomic mass is 10.1. The van der Waals surface area contributed by atoms with E-state index in [1.165, 1.54) is 24.5 Å². The minimum atomic E-state index is 0.533. The van der Waals surface area contributed by atoms with Gasteiger partial charge in [0, 0.05) is 37.9 Å². The Bertz CT molecular complexity index is 389. The van der Waals surface area contributed by atoms with E-state index in [0.717, 1.165) is 26.1 Å². The van der Waals surface area contributed by atoms with Crippen molar-refractivity contribution in [3.8, 4) is 0 Å². The lowest BCUT2D eigenvalue weighted by Gasteiger charge is -2.37. The topological polar surface area (TPSA) is 33.1 Å². The highest BCUT2D eigenvalue weighted by molar-refractivity contribution is 5.35. The fourth-order valence-electron chi connectivity index (χ4n) is 2.86. The van der Waals surface area contributed by atoms with Crippen molar-refractivity contribution in [1.82, 2.24) is 14.9 Å². The summed E-state index contributed by atoms with van der Waals surface area (Å²) in [6.07, 6.45) is 5.71. The van der Waals surface area contributed by atoms with Crippen LogP contribution in [0.2, 0.25) is 0 Å². The lowest BCUT2D eigenvalue weighted by Crippen LogP contribution is -2.55. The Morgan fingerprint density at radius 2 is 1.95 bits per heavy atom. The molecule has 1 aromatic heterocycles. The number of hydrogen-bond donors (Lipinski definition) is 1. The van der Waals surface area contributed by atoms with Crippen molar-refractivity contribution in [2.75, 3.05) is 18.0 Å². The van der Waals surface area contributed by atoms with Gasteiger partial charge in [-0.15, -0.1) is 0 Å². The van der Waals surface area contributed by atoms with Gasteiger partial charge in [0.25, 0.3) is 0 Å². The number of piperazine rings is 1. The molecule has 1 aromatic rings. The van der Waals surface area contributed by atoms with Gasteiger partial charge in [-0.25, -0.2) is 4.98 Å². The first-order valence-corrected chi connectivity index (χ1v) is 7.71. The average Bonchev–Trinajstić information content (AvgIpc) is 2.78. The summed E-state index contributed by atoms with van der Waals surface area (Å²) in [5.74, 6) is 1.17. The first kappa shape index (κ1) is 14.4. The van der Waals surface area contributed by atoms with E-state index in [1.54, 1.807) is 0 Å². The Hall–Kier alpha value is -1.03. The van der Waals surface area contributed by atoms with Crippen LogP contribution in [0.15, 0.2) is 6.20 Å². The quantitative estimate of drug-likeness (QED) is 0.886. The van der Waals surface area contributed by atoms with E-state index in [9.17, 15) is 0 Å². The molecule has 4 heteroatoms. The average molecular weight is 264 g/mol. The van der Waals surface area contributed by atoms with Gasteiger partial charge in [0.05, 0.1) is 5.69 Å². The van der Waals surface area contributed by atoms with Gasteiger partial charge in [0.1, 0.15) is 0 Å². The lowest BCUT2D eigenvalue weighted by molar-refractivity contribution is 0.399. The number of hydrogen-bond acceptors (Lipinski definition) is 3. The van der Waals surface area contributed by atoms with Gasteiger partial charge >= 0.3 is 0 Å². The highest BCUT2D eigenvalue weighted by Crippen LogP contribution is 2.19. The molecule has 19 heavy (non-hydrogen) atoms. The zero-order valence-electron chi connectivity index (χ0n) is 12.8. The first-order valence-electron chi connectivity index (χ1n) is 7.71. The van der Waals surface area contributed by atoms with E-state index in [2.05, 4.69) is 48.7 Å². The summed E-state index contributed by atoms with van der Waals surface area (Å²) in [5, 5.41) is 3.58. The van der Waals surface area contributed by atoms with E-state index < -0.39 is 0 Å². The number of nitrogens with zero attached hydrogens (tertiary/aromatic N) is 3. The van der Waals surface area contributed by atoms with Crippen molar-refractivity contribution in [1.29, 1.82) is 0 Å². The van der Waals surface area contributed by atoms with Crippen LogP contribution in [0.3, 0.4) is 0 Å². The van der Waals surface area contributed by atoms with Crippen molar-refractivity contribution in [3.05, 3.63) is 11.9 Å². The number of aromatic nitrogens is 2. The number of nitrogens with one attached hydrogen (secondary N) is 1. The van der Waals surface area contributed by atoms with Crippen LogP contribution < -0.4 is 10.2 Å². The number of imidazole rings is 1. The monoisotopic (exact) mass is 264 g/mol. The molecule has 1 aliphatic rings. The van der Waals surface area contributed by atoms with Crippen molar-refractivity contribution in [3.63, 3.8) is 0 Å². The summed E-state index contributed by atoms with van der Waals surface area (Å²) < 4.78 is 2.35. The zero-order chi connectivity index (χ0) is 13.8. The molecule has 2 unspecified atom stereocenters. The molecular formula is C15H28N4. The third kappa shape index (κ3) is 3.50. The van der Waals surface area contributed by atoms with Crippen LogP contribution in [0, 0.1) is 0 Å². The number of anilines is 1. The molecule has 0 aromatic carbocycles. The van der Waals surface area contributed by atoms with Gasteiger partial charge in [0.2, 0.25) is 5.95 Å². The predicted molar refractivity (Wildman–Crippen MR) is 80.8 cm³/mol. The Kier molecular flexibility index (Phi) is 4.86. The first-order chi connectivity index (χ1) is 9.13. The largest absolute Gasteiger partial charge is 0.339 e. The Balaban J connectivity index is 2.18. The fraction of sp³-hybridized carbons (Fsp3) is 0.800. The molecule has 2 heterocycles. The summed E-state index contributed by atoms with van der Waals surface area (Å²) in [5.41, 5.74) is 1.21. The summed E-state index contributed by atoms with van der Waals surface area (Å²) >= 11 is 0. The van der Waals surface area contributed by atoms with Gasteiger partial charge in [-0.1, -0.05) is 20.3 Å². The second kappa shape index (κ2) is 6.42. The van der Waals surface area contributed by atoms with Crippen LogP contribution in [-0.4, -0.2) is 34.7 Å².